The fraction of sp³-hybridized carbons (Fsp3) is 0.625. The minimum atomic E-state index is -3.57. The van der Waals surface area contributed by atoms with Gasteiger partial charge in [-0.25, -0.2) is 13.4 Å². The maximum absolute atomic E-state index is 11.1. The Labute approximate surface area is 87.3 Å². The molecule has 0 bridgehead atoms. The van der Waals surface area contributed by atoms with Crippen molar-refractivity contribution in [2.45, 2.75) is 31.1 Å². The number of hydrogen-bond acceptors (Lipinski definition) is 3. The number of nitrogens with zero attached hydrogens (tertiary/aromatic N) is 2. The van der Waals surface area contributed by atoms with Crippen LogP contribution in [0.2, 0.25) is 0 Å². The molecule has 0 radical (unpaired) electrons. The van der Waals surface area contributed by atoms with Gasteiger partial charge in [0.05, 0.1) is 0 Å². The number of rotatable bonds is 3. The van der Waals surface area contributed by atoms with Gasteiger partial charge < -0.3 is 4.57 Å². The summed E-state index contributed by atoms with van der Waals surface area (Å²) in [4.78, 5) is 4.04. The Kier molecular flexibility index (Phi) is 2.31. The maximum Gasteiger partial charge on any atom is 0.242 e. The lowest BCUT2D eigenvalue weighted by molar-refractivity contribution is 0.589. The quantitative estimate of drug-likeness (QED) is 0.750. The number of hydrogen-bond donors (Lipinski definition) is 0. The first-order chi connectivity index (χ1) is 6.50. The normalized spacial score (nSPS) is 19.6. The average molecular weight is 235 g/mol. The van der Waals surface area contributed by atoms with Crippen molar-refractivity contribution in [3.8, 4) is 0 Å². The van der Waals surface area contributed by atoms with Crippen LogP contribution >= 0.6 is 10.7 Å². The van der Waals surface area contributed by atoms with E-state index in [1.165, 1.54) is 0 Å². The van der Waals surface area contributed by atoms with Crippen LogP contribution in [0.1, 0.15) is 36.9 Å². The van der Waals surface area contributed by atoms with E-state index in [1.54, 1.807) is 13.1 Å². The van der Waals surface area contributed by atoms with Crippen molar-refractivity contribution in [2.24, 2.45) is 0 Å². The third-order valence-corrected chi connectivity index (χ3v) is 4.28. The molecule has 2 rings (SSSR count). The summed E-state index contributed by atoms with van der Waals surface area (Å²) in [6.45, 7) is 1.56. The van der Waals surface area contributed by atoms with Gasteiger partial charge in [0.1, 0.15) is 11.1 Å². The zero-order chi connectivity index (χ0) is 10.3. The number of aromatic nitrogens is 2. The molecule has 0 unspecified atom stereocenters. The molecule has 1 atom stereocenters. The van der Waals surface area contributed by atoms with Gasteiger partial charge in [-0.3, -0.25) is 0 Å². The average Bonchev–Trinajstić information content (AvgIpc) is 2.81. The Hall–Kier alpha value is -0.550. The van der Waals surface area contributed by atoms with Crippen LogP contribution in [0.3, 0.4) is 0 Å². The van der Waals surface area contributed by atoms with Gasteiger partial charge in [-0.15, -0.1) is 0 Å². The van der Waals surface area contributed by atoms with Crippen LogP contribution in [0, 0.1) is 0 Å². The maximum atomic E-state index is 11.1. The molecule has 14 heavy (non-hydrogen) atoms. The minimum Gasteiger partial charge on any atom is -0.331 e. The van der Waals surface area contributed by atoms with Gasteiger partial charge in [0.2, 0.25) is 9.05 Å². The Morgan fingerprint density at radius 3 is 2.79 bits per heavy atom. The van der Waals surface area contributed by atoms with Crippen LogP contribution in [0.5, 0.6) is 0 Å². The van der Waals surface area contributed by atoms with Crippen molar-refractivity contribution in [1.82, 2.24) is 9.55 Å². The third-order valence-electron chi connectivity index (χ3n) is 2.42. The molecule has 0 amide bonds. The Bertz CT molecular complexity index is 436. The molecular formula is C8H11ClN2O2S. The molecule has 0 spiro atoms. The van der Waals surface area contributed by atoms with Gasteiger partial charge in [-0.1, -0.05) is 0 Å². The summed E-state index contributed by atoms with van der Waals surface area (Å²) < 4.78 is 24.2. The van der Waals surface area contributed by atoms with Crippen LogP contribution in [-0.4, -0.2) is 18.0 Å². The molecule has 1 heterocycles. The molecule has 0 N–H and O–H groups in total. The van der Waals surface area contributed by atoms with Gasteiger partial charge in [0.25, 0.3) is 0 Å². The standard InChI is InChI=1S/C8H11ClN2O2S/c1-6(14(9,12)13)8-10-4-5-11(8)7-2-3-7/h4-7H,2-3H2,1H3/t6-/m1/s1. The van der Waals surface area contributed by atoms with Crippen LogP contribution in [0.15, 0.2) is 12.4 Å². The second kappa shape index (κ2) is 3.24. The van der Waals surface area contributed by atoms with Gasteiger partial charge in [0.15, 0.2) is 0 Å². The summed E-state index contributed by atoms with van der Waals surface area (Å²) in [5, 5.41) is -0.736. The van der Waals surface area contributed by atoms with E-state index in [-0.39, 0.29) is 0 Å². The van der Waals surface area contributed by atoms with Crippen molar-refractivity contribution in [3.63, 3.8) is 0 Å². The first kappa shape index (κ1) is 9.98. The molecular weight excluding hydrogens is 224 g/mol. The van der Waals surface area contributed by atoms with E-state index in [1.807, 2.05) is 10.8 Å². The summed E-state index contributed by atoms with van der Waals surface area (Å²) in [6.07, 6.45) is 5.62. The van der Waals surface area contributed by atoms with Crippen LogP contribution in [0.25, 0.3) is 0 Å². The Morgan fingerprint density at radius 2 is 2.29 bits per heavy atom. The predicted octanol–water partition coefficient (Wildman–Crippen LogP) is 1.85. The molecule has 1 fully saturated rings. The van der Waals surface area contributed by atoms with Crippen LogP contribution in [-0.2, 0) is 9.05 Å². The lowest BCUT2D eigenvalue weighted by Gasteiger charge is -2.10. The summed E-state index contributed by atoms with van der Waals surface area (Å²) in [5.74, 6) is 0.544. The lowest BCUT2D eigenvalue weighted by atomic mass is 10.4. The molecule has 1 aliphatic rings. The zero-order valence-corrected chi connectivity index (χ0v) is 9.29. The Balaban J connectivity index is 2.36. The van der Waals surface area contributed by atoms with E-state index in [0.717, 1.165) is 12.8 Å². The first-order valence-electron chi connectivity index (χ1n) is 4.46. The monoisotopic (exact) mass is 234 g/mol. The lowest BCUT2D eigenvalue weighted by Crippen LogP contribution is -2.10. The molecule has 1 aromatic rings. The largest absolute Gasteiger partial charge is 0.331 e. The molecule has 0 saturated heterocycles. The van der Waals surface area contributed by atoms with Gasteiger partial charge in [-0.05, 0) is 19.8 Å². The van der Waals surface area contributed by atoms with E-state index < -0.39 is 14.3 Å². The molecule has 78 valence electrons. The predicted molar refractivity (Wildman–Crippen MR) is 53.7 cm³/mol. The minimum absolute atomic E-state index is 0.424. The molecule has 0 aliphatic heterocycles. The van der Waals surface area contributed by atoms with Crippen molar-refractivity contribution in [2.75, 3.05) is 0 Å². The summed E-state index contributed by atoms with van der Waals surface area (Å²) in [7, 11) is 1.73. The highest BCUT2D eigenvalue weighted by Gasteiger charge is 2.30. The van der Waals surface area contributed by atoms with E-state index in [0.29, 0.717) is 11.9 Å². The van der Waals surface area contributed by atoms with E-state index in [9.17, 15) is 8.42 Å². The number of halogens is 1. The molecule has 1 saturated carbocycles. The summed E-state index contributed by atoms with van der Waals surface area (Å²) in [6, 6.07) is 0.424. The van der Waals surface area contributed by atoms with E-state index >= 15 is 0 Å². The van der Waals surface area contributed by atoms with Crippen LogP contribution in [0.4, 0.5) is 0 Å². The molecule has 4 nitrogen and oxygen atoms in total. The Morgan fingerprint density at radius 1 is 1.64 bits per heavy atom. The fourth-order valence-electron chi connectivity index (χ4n) is 1.43. The molecule has 0 aromatic carbocycles. The second-order valence-electron chi connectivity index (χ2n) is 3.54. The van der Waals surface area contributed by atoms with E-state index in [4.69, 9.17) is 10.7 Å². The van der Waals surface area contributed by atoms with Crippen molar-refractivity contribution in [3.05, 3.63) is 18.2 Å². The molecule has 6 heteroatoms. The summed E-state index contributed by atoms with van der Waals surface area (Å²) >= 11 is 0. The van der Waals surface area contributed by atoms with Gasteiger partial charge in [0, 0.05) is 29.1 Å². The second-order valence-corrected chi connectivity index (χ2v) is 6.49. The van der Waals surface area contributed by atoms with E-state index in [2.05, 4.69) is 4.98 Å². The zero-order valence-electron chi connectivity index (χ0n) is 7.72. The van der Waals surface area contributed by atoms with Gasteiger partial charge in [-0.2, -0.15) is 0 Å². The highest BCUT2D eigenvalue weighted by atomic mass is 35.7. The fourth-order valence-corrected chi connectivity index (χ4v) is 2.10. The summed E-state index contributed by atoms with van der Waals surface area (Å²) in [5.41, 5.74) is 0. The highest BCUT2D eigenvalue weighted by Crippen LogP contribution is 2.38. The topological polar surface area (TPSA) is 52.0 Å². The molecule has 1 aromatic heterocycles. The smallest absolute Gasteiger partial charge is 0.242 e. The van der Waals surface area contributed by atoms with Crippen molar-refractivity contribution < 1.29 is 8.42 Å². The highest BCUT2D eigenvalue weighted by molar-refractivity contribution is 8.13. The SMILES string of the molecule is C[C@H](c1nccn1C1CC1)S(=O)(=O)Cl. The molecule has 1 aliphatic carbocycles. The van der Waals surface area contributed by atoms with Crippen LogP contribution < -0.4 is 0 Å². The number of imidazole rings is 1. The van der Waals surface area contributed by atoms with Gasteiger partial charge >= 0.3 is 0 Å². The third kappa shape index (κ3) is 1.79. The van der Waals surface area contributed by atoms with Crippen molar-refractivity contribution in [1.29, 1.82) is 0 Å². The van der Waals surface area contributed by atoms with Crippen molar-refractivity contribution >= 4 is 19.7 Å². The first-order valence-corrected chi connectivity index (χ1v) is 6.83.